The summed E-state index contributed by atoms with van der Waals surface area (Å²) in [6, 6.07) is 9.85. The molecule has 1 atom stereocenters. The van der Waals surface area contributed by atoms with Crippen molar-refractivity contribution in [3.8, 4) is 0 Å². The maximum atomic E-state index is 12.9. The largest absolute Gasteiger partial charge is 0.359 e. The summed E-state index contributed by atoms with van der Waals surface area (Å²) in [5, 5.41) is 6.75. The SMILES string of the molecule is CC(C)c1ccc(CC(=O)N2CCC2(C)C(=O)Nc2cc(C(C)(C)C)on2)cc1. The molecule has 1 unspecified atom stereocenters. The maximum absolute atomic E-state index is 12.9. The molecule has 2 heterocycles. The molecule has 6 heteroatoms. The fourth-order valence-electron chi connectivity index (χ4n) is 3.42. The number of carbonyl (C=O) groups is 2. The van der Waals surface area contributed by atoms with E-state index < -0.39 is 5.54 Å². The van der Waals surface area contributed by atoms with E-state index in [1.807, 2.05) is 32.9 Å². The van der Waals surface area contributed by atoms with Crippen molar-refractivity contribution in [2.45, 2.75) is 71.3 Å². The topological polar surface area (TPSA) is 75.4 Å². The van der Waals surface area contributed by atoms with Gasteiger partial charge in [-0.15, -0.1) is 0 Å². The second-order valence-electron chi connectivity index (χ2n) is 9.42. The minimum absolute atomic E-state index is 0.0401. The zero-order valence-corrected chi connectivity index (χ0v) is 18.2. The average Bonchev–Trinajstić information content (AvgIpc) is 3.09. The van der Waals surface area contributed by atoms with E-state index in [2.05, 4.69) is 36.5 Å². The minimum Gasteiger partial charge on any atom is -0.359 e. The Kier molecular flexibility index (Phi) is 5.57. The maximum Gasteiger partial charge on any atom is 0.251 e. The number of amides is 2. The molecular weight excluding hydrogens is 366 g/mol. The van der Waals surface area contributed by atoms with Gasteiger partial charge in [0.05, 0.1) is 6.42 Å². The van der Waals surface area contributed by atoms with E-state index in [0.717, 1.165) is 5.56 Å². The first-order valence-corrected chi connectivity index (χ1v) is 10.2. The number of nitrogens with zero attached hydrogens (tertiary/aromatic N) is 2. The van der Waals surface area contributed by atoms with Crippen molar-refractivity contribution in [1.82, 2.24) is 10.1 Å². The van der Waals surface area contributed by atoms with E-state index in [-0.39, 0.29) is 17.2 Å². The molecule has 1 aromatic carbocycles. The Morgan fingerprint density at radius 3 is 2.38 bits per heavy atom. The van der Waals surface area contributed by atoms with Gasteiger partial charge in [-0.05, 0) is 30.4 Å². The van der Waals surface area contributed by atoms with Crippen molar-refractivity contribution in [1.29, 1.82) is 0 Å². The van der Waals surface area contributed by atoms with Crippen LogP contribution in [0.1, 0.15) is 70.8 Å². The highest BCUT2D eigenvalue weighted by Gasteiger charge is 2.49. The number of hydrogen-bond acceptors (Lipinski definition) is 4. The van der Waals surface area contributed by atoms with Gasteiger partial charge in [0.2, 0.25) is 5.91 Å². The molecule has 1 N–H and O–H groups in total. The van der Waals surface area contributed by atoms with Gasteiger partial charge in [0.1, 0.15) is 11.3 Å². The van der Waals surface area contributed by atoms with Crippen molar-refractivity contribution in [2.75, 3.05) is 11.9 Å². The lowest BCUT2D eigenvalue weighted by Gasteiger charge is -2.49. The number of anilines is 1. The molecule has 2 amide bonds. The Labute approximate surface area is 172 Å². The predicted molar refractivity (Wildman–Crippen MR) is 113 cm³/mol. The molecule has 1 saturated heterocycles. The summed E-state index contributed by atoms with van der Waals surface area (Å²) in [6.07, 6.45) is 0.917. The second-order valence-corrected chi connectivity index (χ2v) is 9.42. The van der Waals surface area contributed by atoms with Crippen molar-refractivity contribution < 1.29 is 14.1 Å². The Hall–Kier alpha value is -2.63. The summed E-state index contributed by atoms with van der Waals surface area (Å²) in [5.41, 5.74) is 1.15. The van der Waals surface area contributed by atoms with Gasteiger partial charge in [0.25, 0.3) is 5.91 Å². The number of benzene rings is 1. The number of aromatic nitrogens is 1. The monoisotopic (exact) mass is 397 g/mol. The molecule has 29 heavy (non-hydrogen) atoms. The van der Waals surface area contributed by atoms with Gasteiger partial charge in [-0.25, -0.2) is 0 Å². The molecule has 0 saturated carbocycles. The Bertz CT molecular complexity index is 893. The zero-order valence-electron chi connectivity index (χ0n) is 18.2. The van der Waals surface area contributed by atoms with Gasteiger partial charge < -0.3 is 14.7 Å². The molecule has 0 spiro atoms. The third-order valence-electron chi connectivity index (χ3n) is 5.70. The summed E-state index contributed by atoms with van der Waals surface area (Å²) in [7, 11) is 0. The summed E-state index contributed by atoms with van der Waals surface area (Å²) in [5.74, 6) is 1.26. The van der Waals surface area contributed by atoms with Crippen LogP contribution in [0, 0.1) is 0 Å². The van der Waals surface area contributed by atoms with Crippen LogP contribution in [-0.2, 0) is 21.4 Å². The molecule has 2 aromatic rings. The summed E-state index contributed by atoms with van der Waals surface area (Å²) >= 11 is 0. The Morgan fingerprint density at radius 2 is 1.90 bits per heavy atom. The first kappa shape index (κ1) is 21.1. The van der Waals surface area contributed by atoms with Gasteiger partial charge in [-0.2, -0.15) is 0 Å². The lowest BCUT2D eigenvalue weighted by Crippen LogP contribution is -2.66. The molecule has 1 fully saturated rings. The molecule has 1 aliphatic rings. The van der Waals surface area contributed by atoms with Crippen molar-refractivity contribution in [2.24, 2.45) is 0 Å². The van der Waals surface area contributed by atoms with Gasteiger partial charge >= 0.3 is 0 Å². The lowest BCUT2D eigenvalue weighted by molar-refractivity contribution is -0.154. The number of nitrogens with one attached hydrogen (secondary N) is 1. The standard InChI is InChI=1S/C23H31N3O3/c1-15(2)17-9-7-16(8-10-17)13-20(27)26-12-11-23(26,6)21(28)24-19-14-18(29-25-19)22(3,4)5/h7-10,14-15H,11-13H2,1-6H3,(H,24,25,28). The van der Waals surface area contributed by atoms with Crippen LogP contribution in [0.5, 0.6) is 0 Å². The second kappa shape index (κ2) is 7.65. The molecule has 1 aromatic heterocycles. The summed E-state index contributed by atoms with van der Waals surface area (Å²) in [4.78, 5) is 27.4. The molecule has 1 aliphatic heterocycles. The average molecular weight is 398 g/mol. The Balaban J connectivity index is 1.64. The highest BCUT2D eigenvalue weighted by atomic mass is 16.5. The van der Waals surface area contributed by atoms with Crippen LogP contribution in [0.15, 0.2) is 34.9 Å². The fourth-order valence-corrected chi connectivity index (χ4v) is 3.42. The number of hydrogen-bond donors (Lipinski definition) is 1. The third-order valence-corrected chi connectivity index (χ3v) is 5.70. The first-order chi connectivity index (χ1) is 13.5. The number of likely N-dealkylation sites (tertiary alicyclic amines) is 1. The van der Waals surface area contributed by atoms with E-state index in [9.17, 15) is 9.59 Å². The normalized spacial score (nSPS) is 19.2. The smallest absolute Gasteiger partial charge is 0.251 e. The molecule has 0 bridgehead atoms. The van der Waals surface area contributed by atoms with E-state index in [1.165, 1.54) is 5.56 Å². The predicted octanol–water partition coefficient (Wildman–Crippen LogP) is 4.27. The zero-order chi connectivity index (χ0) is 21.4. The van der Waals surface area contributed by atoms with Crippen molar-refractivity contribution >= 4 is 17.6 Å². The molecule has 0 radical (unpaired) electrons. The fraction of sp³-hybridized carbons (Fsp3) is 0.522. The van der Waals surface area contributed by atoms with Crippen LogP contribution in [-0.4, -0.2) is 34.0 Å². The molecular formula is C23H31N3O3. The third kappa shape index (κ3) is 4.36. The van der Waals surface area contributed by atoms with Crippen LogP contribution >= 0.6 is 0 Å². The van der Waals surface area contributed by atoms with Crippen LogP contribution in [0.4, 0.5) is 5.82 Å². The van der Waals surface area contributed by atoms with Gasteiger partial charge in [-0.3, -0.25) is 9.59 Å². The van der Waals surface area contributed by atoms with Crippen LogP contribution in [0.3, 0.4) is 0 Å². The number of rotatable bonds is 5. The van der Waals surface area contributed by atoms with E-state index >= 15 is 0 Å². The molecule has 0 aliphatic carbocycles. The lowest BCUT2D eigenvalue weighted by atomic mass is 9.84. The van der Waals surface area contributed by atoms with Gasteiger partial charge in [-0.1, -0.05) is 64.0 Å². The summed E-state index contributed by atoms with van der Waals surface area (Å²) < 4.78 is 5.33. The number of carbonyl (C=O) groups excluding carboxylic acids is 2. The van der Waals surface area contributed by atoms with Gasteiger partial charge in [0.15, 0.2) is 5.82 Å². The van der Waals surface area contributed by atoms with E-state index in [1.54, 1.807) is 17.9 Å². The van der Waals surface area contributed by atoms with E-state index in [0.29, 0.717) is 36.9 Å². The first-order valence-electron chi connectivity index (χ1n) is 10.2. The van der Waals surface area contributed by atoms with Crippen LogP contribution in [0.2, 0.25) is 0 Å². The van der Waals surface area contributed by atoms with Crippen molar-refractivity contribution in [3.63, 3.8) is 0 Å². The molecule has 156 valence electrons. The quantitative estimate of drug-likeness (QED) is 0.818. The highest BCUT2D eigenvalue weighted by Crippen LogP contribution is 2.33. The van der Waals surface area contributed by atoms with Crippen LogP contribution < -0.4 is 5.32 Å². The molecule has 6 nitrogen and oxygen atoms in total. The molecule has 3 rings (SSSR count). The highest BCUT2D eigenvalue weighted by molar-refractivity contribution is 6.01. The minimum atomic E-state index is -0.865. The van der Waals surface area contributed by atoms with Crippen molar-refractivity contribution in [3.05, 3.63) is 47.2 Å². The summed E-state index contributed by atoms with van der Waals surface area (Å²) in [6.45, 7) is 12.7. The van der Waals surface area contributed by atoms with Crippen LogP contribution in [0.25, 0.3) is 0 Å². The van der Waals surface area contributed by atoms with Gasteiger partial charge in [0, 0.05) is 18.0 Å². The Morgan fingerprint density at radius 1 is 1.24 bits per heavy atom. The van der Waals surface area contributed by atoms with E-state index in [4.69, 9.17) is 4.52 Å².